The number of amides is 1. The summed E-state index contributed by atoms with van der Waals surface area (Å²) in [6.07, 6.45) is 0.271. The lowest BCUT2D eigenvalue weighted by Gasteiger charge is -2.42. The van der Waals surface area contributed by atoms with E-state index in [4.69, 9.17) is 15.2 Å². The van der Waals surface area contributed by atoms with Crippen molar-refractivity contribution < 1.29 is 14.3 Å². The second kappa shape index (κ2) is 8.38. The number of hydrogen-bond acceptors (Lipinski definition) is 3. The molecule has 0 aliphatic rings. The number of hydrogen-bond donors (Lipinski definition) is 1. The van der Waals surface area contributed by atoms with E-state index in [0.717, 1.165) is 16.7 Å². The molecule has 0 aliphatic carbocycles. The van der Waals surface area contributed by atoms with E-state index in [1.165, 1.54) is 7.11 Å². The summed E-state index contributed by atoms with van der Waals surface area (Å²) >= 11 is 0. The molecule has 4 heteroatoms. The third kappa shape index (κ3) is 3.44. The number of primary amides is 1. The van der Waals surface area contributed by atoms with Gasteiger partial charge < -0.3 is 15.2 Å². The van der Waals surface area contributed by atoms with E-state index < -0.39 is 17.3 Å². The van der Waals surface area contributed by atoms with Crippen LogP contribution in [0, 0.1) is 0 Å². The first kappa shape index (κ1) is 19.8. The van der Waals surface area contributed by atoms with Gasteiger partial charge in [0.2, 0.25) is 5.79 Å². The van der Waals surface area contributed by atoms with Crippen LogP contribution in [0.5, 0.6) is 0 Å². The summed E-state index contributed by atoms with van der Waals surface area (Å²) in [6, 6.07) is 29.4. The van der Waals surface area contributed by atoms with Gasteiger partial charge in [-0.2, -0.15) is 0 Å². The third-order valence-electron chi connectivity index (χ3n) is 5.03. The molecule has 3 aromatic rings. The summed E-state index contributed by atoms with van der Waals surface area (Å²) in [7, 11) is 1.44. The van der Waals surface area contributed by atoms with E-state index in [-0.39, 0.29) is 6.42 Å². The smallest absolute Gasteiger partial charge is 0.277 e. The van der Waals surface area contributed by atoms with Crippen LogP contribution in [0.2, 0.25) is 0 Å². The van der Waals surface area contributed by atoms with Gasteiger partial charge in [-0.25, -0.2) is 0 Å². The fourth-order valence-corrected chi connectivity index (χ4v) is 3.53. The minimum absolute atomic E-state index is 0.271. The molecule has 2 N–H and O–H groups in total. The Bertz CT molecular complexity index is 794. The van der Waals surface area contributed by atoms with Gasteiger partial charge in [-0.15, -0.1) is 0 Å². The lowest BCUT2D eigenvalue weighted by atomic mass is 9.79. The average molecular weight is 375 g/mol. The van der Waals surface area contributed by atoms with Crippen molar-refractivity contribution in [2.75, 3.05) is 7.11 Å². The summed E-state index contributed by atoms with van der Waals surface area (Å²) in [6.45, 7) is 1.82. The molecule has 0 aromatic heterocycles. The first-order chi connectivity index (χ1) is 13.6. The highest BCUT2D eigenvalue weighted by Gasteiger charge is 2.48. The predicted octanol–water partition coefficient (Wildman–Crippen LogP) is 4.23. The maximum Gasteiger partial charge on any atom is 0.277 e. The molecule has 1 unspecified atom stereocenters. The number of benzene rings is 3. The summed E-state index contributed by atoms with van der Waals surface area (Å²) in [4.78, 5) is 12.4. The van der Waals surface area contributed by atoms with Gasteiger partial charge in [0.05, 0.1) is 0 Å². The molecule has 0 radical (unpaired) electrons. The van der Waals surface area contributed by atoms with Crippen molar-refractivity contribution in [3.05, 3.63) is 108 Å². The maximum absolute atomic E-state index is 12.4. The van der Waals surface area contributed by atoms with Gasteiger partial charge in [-0.1, -0.05) is 97.9 Å². The van der Waals surface area contributed by atoms with Crippen LogP contribution in [0.25, 0.3) is 0 Å². The number of nitrogens with two attached hydrogens (primary N) is 1. The Hall–Kier alpha value is -2.95. The van der Waals surface area contributed by atoms with Gasteiger partial charge in [0, 0.05) is 13.5 Å². The molecule has 144 valence electrons. The molecule has 0 saturated heterocycles. The third-order valence-corrected chi connectivity index (χ3v) is 5.03. The first-order valence-electron chi connectivity index (χ1n) is 9.31. The van der Waals surface area contributed by atoms with Crippen LogP contribution >= 0.6 is 0 Å². The molecule has 0 aliphatic heterocycles. The van der Waals surface area contributed by atoms with Gasteiger partial charge in [0.15, 0.2) is 0 Å². The van der Waals surface area contributed by atoms with E-state index >= 15 is 0 Å². The van der Waals surface area contributed by atoms with Crippen molar-refractivity contribution >= 4 is 5.91 Å². The van der Waals surface area contributed by atoms with Crippen LogP contribution in [-0.2, 0) is 19.9 Å². The van der Waals surface area contributed by atoms with Crippen molar-refractivity contribution in [3.8, 4) is 0 Å². The molecular weight excluding hydrogens is 350 g/mol. The molecular formula is C24H25NO3. The van der Waals surface area contributed by atoms with E-state index in [1.807, 2.05) is 97.9 Å². The molecule has 0 fully saturated rings. The topological polar surface area (TPSA) is 61.6 Å². The van der Waals surface area contributed by atoms with E-state index in [0.29, 0.717) is 0 Å². The molecule has 4 nitrogen and oxygen atoms in total. The van der Waals surface area contributed by atoms with Crippen LogP contribution < -0.4 is 5.73 Å². The molecule has 1 atom stereocenters. The lowest BCUT2D eigenvalue weighted by molar-refractivity contribution is -0.251. The monoisotopic (exact) mass is 375 g/mol. The zero-order valence-corrected chi connectivity index (χ0v) is 16.2. The van der Waals surface area contributed by atoms with Crippen molar-refractivity contribution in [2.24, 2.45) is 5.73 Å². The highest BCUT2D eigenvalue weighted by atomic mass is 16.7. The Labute approximate surface area is 165 Å². The molecule has 3 aromatic carbocycles. The van der Waals surface area contributed by atoms with Crippen LogP contribution in [0.1, 0.15) is 30.0 Å². The summed E-state index contributed by atoms with van der Waals surface area (Å²) in [5.74, 6) is -2.24. The molecule has 3 rings (SSSR count). The average Bonchev–Trinajstić information content (AvgIpc) is 2.77. The minimum Gasteiger partial charge on any atom is -0.365 e. The van der Waals surface area contributed by atoms with Crippen molar-refractivity contribution in [1.29, 1.82) is 0 Å². The zero-order chi connectivity index (χ0) is 20.0. The molecule has 1 amide bonds. The van der Waals surface area contributed by atoms with Gasteiger partial charge in [0.25, 0.3) is 5.91 Å². The largest absolute Gasteiger partial charge is 0.365 e. The van der Waals surface area contributed by atoms with Crippen molar-refractivity contribution in [3.63, 3.8) is 0 Å². The number of ether oxygens (including phenoxy) is 2. The SMILES string of the molecule is CCC(OC)(OC(c1ccccc1)(c1ccccc1)c1ccccc1)C(N)=O. The van der Waals surface area contributed by atoms with Crippen LogP contribution in [-0.4, -0.2) is 18.8 Å². The lowest BCUT2D eigenvalue weighted by Crippen LogP contribution is -2.53. The molecule has 28 heavy (non-hydrogen) atoms. The van der Waals surface area contributed by atoms with Gasteiger partial charge in [0.1, 0.15) is 5.60 Å². The Kier molecular flexibility index (Phi) is 5.93. The summed E-state index contributed by atoms with van der Waals surface area (Å²) in [5, 5.41) is 0. The summed E-state index contributed by atoms with van der Waals surface area (Å²) < 4.78 is 12.2. The summed E-state index contributed by atoms with van der Waals surface area (Å²) in [5.41, 5.74) is 7.30. The first-order valence-corrected chi connectivity index (χ1v) is 9.31. The number of methoxy groups -OCH3 is 1. The van der Waals surface area contributed by atoms with Crippen LogP contribution in [0.3, 0.4) is 0 Å². The highest BCUT2D eigenvalue weighted by Crippen LogP contribution is 2.44. The van der Waals surface area contributed by atoms with Gasteiger partial charge >= 0.3 is 0 Å². The second-order valence-electron chi connectivity index (χ2n) is 6.56. The minimum atomic E-state index is -1.58. The fourth-order valence-electron chi connectivity index (χ4n) is 3.53. The standard InChI is InChI=1S/C24H25NO3/c1-3-23(27-2,22(25)26)28-24(19-13-7-4-8-14-19,20-15-9-5-10-16-20)21-17-11-6-12-18-21/h4-18H,3H2,1-2H3,(H2,25,26). The molecule has 0 spiro atoms. The molecule has 0 saturated carbocycles. The normalized spacial score (nSPS) is 13.6. The Balaban J connectivity index is 2.36. The Morgan fingerprint density at radius 1 is 0.786 bits per heavy atom. The number of carbonyl (C=O) groups is 1. The van der Waals surface area contributed by atoms with Gasteiger partial charge in [-0.05, 0) is 16.7 Å². The predicted molar refractivity (Wildman–Crippen MR) is 110 cm³/mol. The zero-order valence-electron chi connectivity index (χ0n) is 16.2. The van der Waals surface area contributed by atoms with E-state index in [9.17, 15) is 4.79 Å². The molecule has 0 heterocycles. The van der Waals surface area contributed by atoms with Crippen molar-refractivity contribution in [1.82, 2.24) is 0 Å². The highest BCUT2D eigenvalue weighted by molar-refractivity contribution is 5.82. The molecule has 0 bridgehead atoms. The van der Waals surface area contributed by atoms with Crippen LogP contribution in [0.15, 0.2) is 91.0 Å². The fraction of sp³-hybridized carbons (Fsp3) is 0.208. The Morgan fingerprint density at radius 2 is 1.14 bits per heavy atom. The van der Waals surface area contributed by atoms with E-state index in [2.05, 4.69) is 0 Å². The number of rotatable bonds is 8. The van der Waals surface area contributed by atoms with Crippen LogP contribution in [0.4, 0.5) is 0 Å². The quantitative estimate of drug-likeness (QED) is 0.473. The number of carbonyl (C=O) groups excluding carboxylic acids is 1. The van der Waals surface area contributed by atoms with Crippen molar-refractivity contribution in [2.45, 2.75) is 24.7 Å². The van der Waals surface area contributed by atoms with E-state index in [1.54, 1.807) is 0 Å². The maximum atomic E-state index is 12.4. The second-order valence-corrected chi connectivity index (χ2v) is 6.56. The Morgan fingerprint density at radius 3 is 1.39 bits per heavy atom. The van der Waals surface area contributed by atoms with Gasteiger partial charge in [-0.3, -0.25) is 4.79 Å².